The van der Waals surface area contributed by atoms with E-state index in [-0.39, 0.29) is 6.47 Å². The van der Waals surface area contributed by atoms with E-state index < -0.39 is 23.2 Å². The molecule has 0 unspecified atom stereocenters. The normalized spacial score (nSPS) is 11.0. The van der Waals surface area contributed by atoms with Gasteiger partial charge >= 0.3 is 5.51 Å². The summed E-state index contributed by atoms with van der Waals surface area (Å²) in [6, 6.07) is 0. The average molecular weight is 160 g/mol. The molecule has 6 heteroatoms. The third-order valence-corrected chi connectivity index (χ3v) is 0.940. The number of carbonyl (C=O) groups is 1. The standard InChI is InChI=1S/C3H3F3O2S/c4-3(5,6)9-2-8-1-7/h1H,2H2. The molecular weight excluding hydrogens is 157 g/mol. The van der Waals surface area contributed by atoms with Crippen molar-refractivity contribution in [2.45, 2.75) is 5.51 Å². The van der Waals surface area contributed by atoms with Crippen LogP contribution >= 0.6 is 11.8 Å². The van der Waals surface area contributed by atoms with Crippen LogP contribution in [0.1, 0.15) is 0 Å². The lowest BCUT2D eigenvalue weighted by atomic mass is 11.5. The van der Waals surface area contributed by atoms with Gasteiger partial charge in [0.1, 0.15) is 5.94 Å². The molecule has 0 heterocycles. The summed E-state index contributed by atoms with van der Waals surface area (Å²) >= 11 is -0.395. The Bertz CT molecular complexity index is 91.5. The predicted octanol–water partition coefficient (Wildman–Crippen LogP) is 1.37. The third-order valence-electron chi connectivity index (χ3n) is 0.359. The van der Waals surface area contributed by atoms with E-state index in [1.54, 1.807) is 0 Å². The number of halogens is 3. The third kappa shape index (κ3) is 7.61. The molecule has 0 saturated carbocycles. The molecule has 0 atom stereocenters. The quantitative estimate of drug-likeness (QED) is 0.354. The number of ether oxygens (including phenoxy) is 1. The van der Waals surface area contributed by atoms with Gasteiger partial charge in [-0.1, -0.05) is 0 Å². The molecule has 0 bridgehead atoms. The number of hydrogen-bond donors (Lipinski definition) is 0. The smallest absolute Gasteiger partial charge is 0.444 e. The van der Waals surface area contributed by atoms with Gasteiger partial charge in [-0.2, -0.15) is 13.2 Å². The van der Waals surface area contributed by atoms with Crippen molar-refractivity contribution in [1.82, 2.24) is 0 Å². The number of alkyl halides is 3. The monoisotopic (exact) mass is 160 g/mol. The van der Waals surface area contributed by atoms with Gasteiger partial charge in [0, 0.05) is 0 Å². The van der Waals surface area contributed by atoms with Gasteiger partial charge in [0.2, 0.25) is 0 Å². The van der Waals surface area contributed by atoms with E-state index in [2.05, 4.69) is 4.74 Å². The molecule has 0 radical (unpaired) electrons. The van der Waals surface area contributed by atoms with Crippen molar-refractivity contribution in [2.24, 2.45) is 0 Å². The average Bonchev–Trinajstić information content (AvgIpc) is 1.63. The van der Waals surface area contributed by atoms with Gasteiger partial charge in [0.25, 0.3) is 6.47 Å². The zero-order valence-corrected chi connectivity index (χ0v) is 4.96. The van der Waals surface area contributed by atoms with Crippen molar-refractivity contribution in [1.29, 1.82) is 0 Å². The maximum absolute atomic E-state index is 11.1. The number of hydrogen-bond acceptors (Lipinski definition) is 3. The van der Waals surface area contributed by atoms with Crippen LogP contribution in [0.2, 0.25) is 0 Å². The Kier molecular flexibility index (Phi) is 3.44. The topological polar surface area (TPSA) is 26.3 Å². The molecular formula is C3H3F3O2S. The van der Waals surface area contributed by atoms with Crippen molar-refractivity contribution < 1.29 is 22.7 Å². The van der Waals surface area contributed by atoms with Gasteiger partial charge < -0.3 is 4.74 Å². The summed E-state index contributed by atoms with van der Waals surface area (Å²) in [4.78, 5) is 9.29. The van der Waals surface area contributed by atoms with E-state index in [0.717, 1.165) is 0 Å². The van der Waals surface area contributed by atoms with Crippen molar-refractivity contribution >= 4 is 18.2 Å². The Morgan fingerprint density at radius 1 is 1.56 bits per heavy atom. The van der Waals surface area contributed by atoms with E-state index >= 15 is 0 Å². The van der Waals surface area contributed by atoms with E-state index in [1.165, 1.54) is 0 Å². The second-order valence-corrected chi connectivity index (χ2v) is 1.96. The molecule has 0 spiro atoms. The molecule has 0 rings (SSSR count). The second-order valence-electron chi connectivity index (χ2n) is 0.971. The van der Waals surface area contributed by atoms with Gasteiger partial charge in [-0.25, -0.2) is 0 Å². The molecule has 2 nitrogen and oxygen atoms in total. The molecule has 0 aliphatic heterocycles. The van der Waals surface area contributed by atoms with Crippen LogP contribution in [-0.2, 0) is 9.53 Å². The van der Waals surface area contributed by atoms with Gasteiger partial charge in [-0.05, 0) is 11.8 Å². The van der Waals surface area contributed by atoms with Crippen LogP contribution in [-0.4, -0.2) is 17.9 Å². The fourth-order valence-corrected chi connectivity index (χ4v) is 0.386. The lowest BCUT2D eigenvalue weighted by Crippen LogP contribution is -2.02. The summed E-state index contributed by atoms with van der Waals surface area (Å²) in [5.41, 5.74) is -4.32. The fourth-order valence-electron chi connectivity index (χ4n) is 0.129. The van der Waals surface area contributed by atoms with Gasteiger partial charge in [0.15, 0.2) is 0 Å². The maximum atomic E-state index is 11.1. The minimum absolute atomic E-state index is 0.0290. The fraction of sp³-hybridized carbons (Fsp3) is 0.667. The van der Waals surface area contributed by atoms with Crippen LogP contribution in [0.4, 0.5) is 13.2 Å². The molecule has 0 fully saturated rings. The molecule has 9 heavy (non-hydrogen) atoms. The van der Waals surface area contributed by atoms with Gasteiger partial charge in [0.05, 0.1) is 0 Å². The lowest BCUT2D eigenvalue weighted by molar-refractivity contribution is -0.126. The first-order valence-corrected chi connectivity index (χ1v) is 2.81. The van der Waals surface area contributed by atoms with Crippen molar-refractivity contribution in [3.8, 4) is 0 Å². The molecule has 0 aromatic rings. The summed E-state index contributed by atoms with van der Waals surface area (Å²) in [5, 5.41) is 0. The Morgan fingerprint density at radius 3 is 2.44 bits per heavy atom. The molecule has 0 amide bonds. The first-order valence-electron chi connectivity index (χ1n) is 1.82. The Hall–Kier alpha value is -0.390. The van der Waals surface area contributed by atoms with E-state index in [1.807, 2.05) is 0 Å². The Balaban J connectivity index is 3.17. The molecule has 0 saturated heterocycles. The maximum Gasteiger partial charge on any atom is 0.444 e. The van der Waals surface area contributed by atoms with Gasteiger partial charge in [-0.3, -0.25) is 4.79 Å². The second kappa shape index (κ2) is 3.60. The molecule has 54 valence electrons. The summed E-state index contributed by atoms with van der Waals surface area (Å²) in [6.07, 6.45) is 0. The number of rotatable bonds is 3. The summed E-state index contributed by atoms with van der Waals surface area (Å²) in [5.74, 6) is -0.674. The van der Waals surface area contributed by atoms with Crippen molar-refractivity contribution in [3.63, 3.8) is 0 Å². The van der Waals surface area contributed by atoms with Crippen LogP contribution in [0.3, 0.4) is 0 Å². The van der Waals surface area contributed by atoms with E-state index in [0.29, 0.717) is 0 Å². The molecule has 0 aromatic heterocycles. The molecule has 0 aromatic carbocycles. The number of thioether (sulfide) groups is 1. The first-order chi connectivity index (χ1) is 4.06. The lowest BCUT2D eigenvalue weighted by Gasteiger charge is -2.01. The Morgan fingerprint density at radius 2 is 2.11 bits per heavy atom. The summed E-state index contributed by atoms with van der Waals surface area (Å²) in [6.45, 7) is -0.0290. The van der Waals surface area contributed by atoms with Crippen LogP contribution in [0, 0.1) is 0 Å². The zero-order valence-electron chi connectivity index (χ0n) is 4.14. The van der Waals surface area contributed by atoms with Crippen molar-refractivity contribution in [3.05, 3.63) is 0 Å². The van der Waals surface area contributed by atoms with Crippen LogP contribution in [0.15, 0.2) is 0 Å². The van der Waals surface area contributed by atoms with Crippen LogP contribution in [0.5, 0.6) is 0 Å². The molecule has 0 N–H and O–H groups in total. The SMILES string of the molecule is O=COCSC(F)(F)F. The Labute approximate surface area is 53.4 Å². The van der Waals surface area contributed by atoms with E-state index in [9.17, 15) is 18.0 Å². The molecule has 0 aliphatic rings. The molecule has 0 aliphatic carbocycles. The minimum atomic E-state index is -4.32. The number of carbonyl (C=O) groups excluding carboxylic acids is 1. The highest BCUT2D eigenvalue weighted by molar-refractivity contribution is 7.99. The summed E-state index contributed by atoms with van der Waals surface area (Å²) < 4.78 is 37.2. The predicted molar refractivity (Wildman–Crippen MR) is 25.7 cm³/mol. The summed E-state index contributed by atoms with van der Waals surface area (Å²) in [7, 11) is 0. The largest absolute Gasteiger partial charge is 0.457 e. The highest BCUT2D eigenvalue weighted by Gasteiger charge is 2.28. The van der Waals surface area contributed by atoms with Gasteiger partial charge in [-0.15, -0.1) is 0 Å². The minimum Gasteiger partial charge on any atom is -0.457 e. The highest BCUT2D eigenvalue weighted by atomic mass is 32.2. The zero-order chi connectivity index (χ0) is 7.33. The first kappa shape index (κ1) is 8.61. The highest BCUT2D eigenvalue weighted by Crippen LogP contribution is 2.29. The van der Waals surface area contributed by atoms with E-state index in [4.69, 9.17) is 0 Å². The van der Waals surface area contributed by atoms with Crippen molar-refractivity contribution in [2.75, 3.05) is 5.94 Å². The van der Waals surface area contributed by atoms with Crippen LogP contribution < -0.4 is 0 Å². The van der Waals surface area contributed by atoms with Crippen LogP contribution in [0.25, 0.3) is 0 Å².